The molecular formula is C24H35FN4O3. The van der Waals surface area contributed by atoms with Gasteiger partial charge in [0.2, 0.25) is 0 Å². The fraction of sp³-hybridized carbons (Fsp3) is 0.667. The van der Waals surface area contributed by atoms with Crippen molar-refractivity contribution in [3.63, 3.8) is 0 Å². The van der Waals surface area contributed by atoms with E-state index >= 15 is 0 Å². The number of hydrogen-bond acceptors (Lipinski definition) is 4. The van der Waals surface area contributed by atoms with Crippen LogP contribution >= 0.6 is 0 Å². The highest BCUT2D eigenvalue weighted by atomic mass is 19.1. The van der Waals surface area contributed by atoms with Crippen LogP contribution in [0.15, 0.2) is 18.2 Å². The maximum Gasteiger partial charge on any atom is 0.409 e. The Bertz CT molecular complexity index is 854. The summed E-state index contributed by atoms with van der Waals surface area (Å²) in [5.74, 6) is 0.212. The Labute approximate surface area is 190 Å². The lowest BCUT2D eigenvalue weighted by Gasteiger charge is -2.40. The summed E-state index contributed by atoms with van der Waals surface area (Å²) in [6.45, 7) is 7.39. The third-order valence-electron chi connectivity index (χ3n) is 7.20. The lowest BCUT2D eigenvalue weighted by atomic mass is 9.74. The van der Waals surface area contributed by atoms with Gasteiger partial charge in [-0.25, -0.2) is 14.0 Å². The van der Waals surface area contributed by atoms with E-state index in [2.05, 4.69) is 4.90 Å². The molecule has 7 nitrogen and oxygen atoms in total. The maximum atomic E-state index is 14.1. The van der Waals surface area contributed by atoms with E-state index in [1.165, 1.54) is 6.07 Å². The lowest BCUT2D eigenvalue weighted by Crippen LogP contribution is -2.48. The molecule has 2 saturated heterocycles. The Morgan fingerprint density at radius 3 is 2.66 bits per heavy atom. The van der Waals surface area contributed by atoms with E-state index in [4.69, 9.17) is 4.74 Å². The van der Waals surface area contributed by atoms with Crippen molar-refractivity contribution in [1.29, 1.82) is 0 Å². The van der Waals surface area contributed by atoms with Crippen LogP contribution in [0.3, 0.4) is 0 Å². The lowest BCUT2D eigenvalue weighted by molar-refractivity contribution is 0.106. The molecule has 0 aromatic heterocycles. The molecule has 0 unspecified atom stereocenters. The van der Waals surface area contributed by atoms with Crippen molar-refractivity contribution in [2.24, 2.45) is 5.92 Å². The molecule has 1 spiro atoms. The molecule has 3 aliphatic rings. The highest BCUT2D eigenvalue weighted by molar-refractivity contribution is 5.95. The Morgan fingerprint density at radius 2 is 1.97 bits per heavy atom. The van der Waals surface area contributed by atoms with Crippen LogP contribution in [0.2, 0.25) is 0 Å². The fourth-order valence-corrected chi connectivity index (χ4v) is 5.44. The highest BCUT2D eigenvalue weighted by Gasteiger charge is 2.47. The van der Waals surface area contributed by atoms with Crippen molar-refractivity contribution < 1.29 is 18.7 Å². The zero-order chi connectivity index (χ0) is 22.9. The normalized spacial score (nSPS) is 22.3. The second-order valence-electron chi connectivity index (χ2n) is 9.72. The molecule has 0 aliphatic carbocycles. The number of hydrogen-bond donors (Lipinski definition) is 0. The number of ether oxygens (including phenoxy) is 1. The standard InChI is InChI=1S/C24H35FN4O3/c1-4-13-32-23(31)28-10-7-18(16-28)15-27-11-8-24(9-12-27)17-29(22(30)26(2)3)21-6-5-19(25)14-20(21)24/h5-6,14,18H,4,7-13,15-17H2,1-3H3/t18-/m0/s1. The molecule has 176 valence electrons. The third-order valence-corrected chi connectivity index (χ3v) is 7.20. The average Bonchev–Trinajstić information content (AvgIpc) is 3.36. The summed E-state index contributed by atoms with van der Waals surface area (Å²) < 4.78 is 19.4. The zero-order valence-electron chi connectivity index (χ0n) is 19.5. The van der Waals surface area contributed by atoms with Crippen LogP contribution in [-0.2, 0) is 10.2 Å². The summed E-state index contributed by atoms with van der Waals surface area (Å²) in [4.78, 5) is 32.6. The number of likely N-dealkylation sites (tertiary alicyclic amines) is 2. The summed E-state index contributed by atoms with van der Waals surface area (Å²) in [7, 11) is 3.50. The van der Waals surface area contributed by atoms with Crippen molar-refractivity contribution >= 4 is 17.8 Å². The Hall–Kier alpha value is -2.35. The molecular weight excluding hydrogens is 411 g/mol. The van der Waals surface area contributed by atoms with Gasteiger partial charge in [0, 0.05) is 51.4 Å². The summed E-state index contributed by atoms with van der Waals surface area (Å²) in [5.41, 5.74) is 1.62. The van der Waals surface area contributed by atoms with Crippen LogP contribution in [0.5, 0.6) is 0 Å². The molecule has 3 heterocycles. The number of halogens is 1. The second-order valence-corrected chi connectivity index (χ2v) is 9.72. The number of benzene rings is 1. The van der Waals surface area contributed by atoms with Gasteiger partial charge < -0.3 is 19.4 Å². The minimum atomic E-state index is -0.245. The first-order valence-corrected chi connectivity index (χ1v) is 11.8. The number of rotatable bonds is 4. The molecule has 1 aromatic rings. The average molecular weight is 447 g/mol. The first-order chi connectivity index (χ1) is 15.3. The van der Waals surface area contributed by atoms with Gasteiger partial charge in [-0.3, -0.25) is 4.90 Å². The van der Waals surface area contributed by atoms with E-state index in [0.717, 1.165) is 69.7 Å². The van der Waals surface area contributed by atoms with Gasteiger partial charge in [0.15, 0.2) is 0 Å². The molecule has 0 N–H and O–H groups in total. The molecule has 0 saturated carbocycles. The molecule has 0 bridgehead atoms. The maximum absolute atomic E-state index is 14.1. The molecule has 1 atom stereocenters. The SMILES string of the molecule is CCCOC(=O)N1CC[C@@H](CN2CCC3(CC2)CN(C(=O)N(C)C)c2ccc(F)cc23)C1. The number of amides is 3. The molecule has 1 aromatic carbocycles. The fourth-order valence-electron chi connectivity index (χ4n) is 5.44. The van der Waals surface area contributed by atoms with Crippen LogP contribution in [0, 0.1) is 11.7 Å². The van der Waals surface area contributed by atoms with Crippen LogP contribution < -0.4 is 4.90 Å². The number of fused-ring (bicyclic) bond motifs is 2. The van der Waals surface area contributed by atoms with Crippen molar-refractivity contribution in [1.82, 2.24) is 14.7 Å². The van der Waals surface area contributed by atoms with Crippen LogP contribution in [0.1, 0.15) is 38.2 Å². The van der Waals surface area contributed by atoms with Gasteiger partial charge >= 0.3 is 12.1 Å². The second kappa shape index (κ2) is 9.25. The zero-order valence-corrected chi connectivity index (χ0v) is 19.5. The molecule has 0 radical (unpaired) electrons. The van der Waals surface area contributed by atoms with Crippen molar-refractivity contribution in [2.45, 2.75) is 38.0 Å². The minimum Gasteiger partial charge on any atom is -0.449 e. The number of nitrogens with zero attached hydrogens (tertiary/aromatic N) is 4. The van der Waals surface area contributed by atoms with E-state index in [9.17, 15) is 14.0 Å². The van der Waals surface area contributed by atoms with Crippen molar-refractivity contribution in [3.8, 4) is 0 Å². The van der Waals surface area contributed by atoms with E-state index in [0.29, 0.717) is 19.1 Å². The number of carbonyl (C=O) groups excluding carboxylic acids is 2. The van der Waals surface area contributed by atoms with Gasteiger partial charge in [-0.15, -0.1) is 0 Å². The van der Waals surface area contributed by atoms with Gasteiger partial charge in [-0.1, -0.05) is 6.92 Å². The third kappa shape index (κ3) is 4.42. The smallest absolute Gasteiger partial charge is 0.409 e. The molecule has 2 fully saturated rings. The van der Waals surface area contributed by atoms with Crippen LogP contribution in [-0.4, -0.2) is 86.8 Å². The molecule has 3 amide bonds. The molecule has 8 heteroatoms. The van der Waals surface area contributed by atoms with E-state index in [-0.39, 0.29) is 23.4 Å². The molecule has 32 heavy (non-hydrogen) atoms. The van der Waals surface area contributed by atoms with Crippen molar-refractivity contribution in [2.75, 3.05) is 64.9 Å². The summed E-state index contributed by atoms with van der Waals surface area (Å²) >= 11 is 0. The first kappa shape index (κ1) is 22.8. The number of urea groups is 1. The van der Waals surface area contributed by atoms with Crippen LogP contribution in [0.4, 0.5) is 19.7 Å². The minimum absolute atomic E-state index is 0.0573. The van der Waals surface area contributed by atoms with Gasteiger partial charge in [0.1, 0.15) is 5.82 Å². The van der Waals surface area contributed by atoms with E-state index < -0.39 is 0 Å². The van der Waals surface area contributed by atoms with Gasteiger partial charge in [-0.05, 0) is 68.5 Å². The van der Waals surface area contributed by atoms with E-state index in [1.807, 2.05) is 11.8 Å². The predicted octanol–water partition coefficient (Wildman–Crippen LogP) is 3.53. The summed E-state index contributed by atoms with van der Waals surface area (Å²) in [6, 6.07) is 4.77. The number of carbonyl (C=O) groups is 2. The van der Waals surface area contributed by atoms with Crippen LogP contribution in [0.25, 0.3) is 0 Å². The Balaban J connectivity index is 1.38. The predicted molar refractivity (Wildman–Crippen MR) is 122 cm³/mol. The summed E-state index contributed by atoms with van der Waals surface area (Å²) in [5, 5.41) is 0. The van der Waals surface area contributed by atoms with Gasteiger partial charge in [-0.2, -0.15) is 0 Å². The Kier molecular flexibility index (Phi) is 6.60. The Morgan fingerprint density at radius 1 is 1.22 bits per heavy atom. The summed E-state index contributed by atoms with van der Waals surface area (Å²) in [6.07, 6.45) is 3.44. The highest BCUT2D eigenvalue weighted by Crippen LogP contribution is 2.47. The molecule has 4 rings (SSSR count). The molecule has 3 aliphatic heterocycles. The first-order valence-electron chi connectivity index (χ1n) is 11.8. The largest absolute Gasteiger partial charge is 0.449 e. The van der Waals surface area contributed by atoms with Crippen molar-refractivity contribution in [3.05, 3.63) is 29.6 Å². The van der Waals surface area contributed by atoms with Gasteiger partial charge in [0.05, 0.1) is 6.61 Å². The quantitative estimate of drug-likeness (QED) is 0.710. The topological polar surface area (TPSA) is 56.3 Å². The van der Waals surface area contributed by atoms with E-state index in [1.54, 1.807) is 36.0 Å². The number of anilines is 1. The monoisotopic (exact) mass is 446 g/mol. The number of piperidine rings is 1. The van der Waals surface area contributed by atoms with Gasteiger partial charge in [0.25, 0.3) is 0 Å².